The van der Waals surface area contributed by atoms with Crippen molar-refractivity contribution >= 4 is 37.3 Å². The van der Waals surface area contributed by atoms with Gasteiger partial charge in [0, 0.05) is 25.2 Å². The Balaban J connectivity index is 1.60. The van der Waals surface area contributed by atoms with Gasteiger partial charge in [0.2, 0.25) is 26.0 Å². The van der Waals surface area contributed by atoms with Gasteiger partial charge in [-0.3, -0.25) is 19.2 Å². The van der Waals surface area contributed by atoms with Crippen LogP contribution in [0.5, 0.6) is 5.75 Å². The molecule has 0 spiro atoms. The normalized spacial score (nSPS) is 15.4. The van der Waals surface area contributed by atoms with Gasteiger partial charge >= 0.3 is 0 Å². The largest absolute Gasteiger partial charge is 0.492 e. The number of anilines is 1. The number of ether oxygens (including phenoxy) is 1. The number of nitro benzene ring substituents is 1. The Morgan fingerprint density at radius 1 is 1.11 bits per heavy atom. The molecule has 1 unspecified atom stereocenters. The Kier molecular flexibility index (Phi) is 9.33. The summed E-state index contributed by atoms with van der Waals surface area (Å²) in [6, 6.07) is 8.65. The van der Waals surface area contributed by atoms with E-state index in [-0.39, 0.29) is 29.4 Å². The molecule has 1 saturated heterocycles. The number of hydrogen-bond donors (Lipinski definition) is 1. The second-order valence-electron chi connectivity index (χ2n) is 9.04. The monoisotopic (exact) mass is 568 g/mol. The smallest absolute Gasteiger partial charge is 0.271 e. The van der Waals surface area contributed by atoms with Gasteiger partial charge in [-0.25, -0.2) is 16.8 Å². The van der Waals surface area contributed by atoms with Crippen LogP contribution < -0.4 is 14.4 Å². The number of nitrogens with zero attached hydrogens (tertiary/aromatic N) is 3. The Morgan fingerprint density at radius 2 is 1.74 bits per heavy atom. The zero-order chi connectivity index (χ0) is 28.1. The van der Waals surface area contributed by atoms with Crippen LogP contribution in [0.3, 0.4) is 0 Å². The molecule has 1 heterocycles. The van der Waals surface area contributed by atoms with Gasteiger partial charge in [0.1, 0.15) is 18.4 Å². The van der Waals surface area contributed by atoms with Gasteiger partial charge in [0.05, 0.1) is 28.3 Å². The summed E-state index contributed by atoms with van der Waals surface area (Å²) in [5, 5.41) is 13.8. The van der Waals surface area contributed by atoms with E-state index < -0.39 is 36.9 Å². The molecular weight excluding hydrogens is 536 g/mol. The molecule has 0 aromatic heterocycles. The SMILES string of the molecule is Cc1ccc([N+](=O)[O-])cc1N(C(C)C(=O)NCCOc1ccc(S(=O)(=O)N2CCCCC2)cc1)S(C)(=O)=O. The summed E-state index contributed by atoms with van der Waals surface area (Å²) in [4.78, 5) is 23.5. The van der Waals surface area contributed by atoms with Gasteiger partial charge < -0.3 is 10.1 Å². The number of carbonyl (C=O) groups excluding carboxylic acids is 1. The van der Waals surface area contributed by atoms with Crippen LogP contribution in [0.25, 0.3) is 0 Å². The van der Waals surface area contributed by atoms with Crippen molar-refractivity contribution < 1.29 is 31.3 Å². The standard InChI is InChI=1S/C24H32N4O8S2/c1-18-7-8-20(28(30)31)17-23(18)27(37(3,32)33)19(2)24(29)25-13-16-36-21-9-11-22(12-10-21)38(34,35)26-14-5-4-6-15-26/h7-12,17,19H,4-6,13-16H2,1-3H3,(H,25,29). The van der Waals surface area contributed by atoms with Gasteiger partial charge in [-0.2, -0.15) is 4.31 Å². The zero-order valence-corrected chi connectivity index (χ0v) is 23.1. The van der Waals surface area contributed by atoms with Crippen molar-refractivity contribution in [3.05, 3.63) is 58.1 Å². The summed E-state index contributed by atoms with van der Waals surface area (Å²) in [6.45, 7) is 4.09. The molecule has 1 atom stereocenters. The topological polar surface area (TPSA) is 156 Å². The second-order valence-corrected chi connectivity index (χ2v) is 12.8. The number of nitro groups is 1. The highest BCUT2D eigenvalue weighted by molar-refractivity contribution is 7.92. The van der Waals surface area contributed by atoms with Crippen molar-refractivity contribution in [1.29, 1.82) is 0 Å². The first-order valence-electron chi connectivity index (χ1n) is 12.1. The number of non-ortho nitro benzene ring substituents is 1. The average molecular weight is 569 g/mol. The first-order chi connectivity index (χ1) is 17.8. The third-order valence-corrected chi connectivity index (χ3v) is 9.32. The number of aryl methyl sites for hydroxylation is 1. The first-order valence-corrected chi connectivity index (χ1v) is 15.4. The van der Waals surface area contributed by atoms with Crippen LogP contribution in [0, 0.1) is 17.0 Å². The Labute approximate surface area is 222 Å². The van der Waals surface area contributed by atoms with E-state index >= 15 is 0 Å². The van der Waals surface area contributed by atoms with Gasteiger partial charge in [0.15, 0.2) is 0 Å². The maximum absolute atomic E-state index is 12.8. The minimum atomic E-state index is -3.96. The van der Waals surface area contributed by atoms with Crippen molar-refractivity contribution in [3.8, 4) is 5.75 Å². The van der Waals surface area contributed by atoms with Crippen LogP contribution in [0.15, 0.2) is 47.4 Å². The van der Waals surface area contributed by atoms with Crippen molar-refractivity contribution in [3.63, 3.8) is 0 Å². The predicted octanol–water partition coefficient (Wildman–Crippen LogP) is 2.43. The van der Waals surface area contributed by atoms with Gasteiger partial charge in [-0.05, 0) is 56.5 Å². The lowest BCUT2D eigenvalue weighted by Crippen LogP contribution is -2.48. The van der Waals surface area contributed by atoms with E-state index in [1.807, 2.05) is 0 Å². The van der Waals surface area contributed by atoms with Crippen molar-refractivity contribution in [1.82, 2.24) is 9.62 Å². The van der Waals surface area contributed by atoms with Crippen LogP contribution in [-0.2, 0) is 24.8 Å². The van der Waals surface area contributed by atoms with E-state index in [1.54, 1.807) is 6.92 Å². The number of hydrogen-bond acceptors (Lipinski definition) is 8. The van der Waals surface area contributed by atoms with Crippen molar-refractivity contribution in [2.24, 2.45) is 0 Å². The third kappa shape index (κ3) is 6.99. The van der Waals surface area contributed by atoms with Crippen molar-refractivity contribution in [2.75, 3.05) is 36.8 Å². The Bertz CT molecular complexity index is 1370. The van der Waals surface area contributed by atoms with E-state index in [4.69, 9.17) is 4.74 Å². The van der Waals surface area contributed by atoms with E-state index in [1.165, 1.54) is 47.6 Å². The summed E-state index contributed by atoms with van der Waals surface area (Å²) in [5.74, 6) is -0.206. The number of benzene rings is 2. The van der Waals surface area contributed by atoms with E-state index in [0.717, 1.165) is 35.9 Å². The fraction of sp³-hybridized carbons (Fsp3) is 0.458. The van der Waals surface area contributed by atoms with Crippen molar-refractivity contribution in [2.45, 2.75) is 44.0 Å². The van der Waals surface area contributed by atoms with E-state index in [9.17, 15) is 31.7 Å². The van der Waals surface area contributed by atoms with Gasteiger partial charge in [-0.15, -0.1) is 0 Å². The minimum absolute atomic E-state index is 0.0418. The Hall–Kier alpha value is -3.23. The minimum Gasteiger partial charge on any atom is -0.492 e. The van der Waals surface area contributed by atoms with Crippen LogP contribution in [-0.4, -0.2) is 70.5 Å². The lowest BCUT2D eigenvalue weighted by Gasteiger charge is -2.29. The molecule has 1 amide bonds. The number of piperidine rings is 1. The highest BCUT2D eigenvalue weighted by Crippen LogP contribution is 2.29. The molecule has 0 aliphatic carbocycles. The summed E-state index contributed by atoms with van der Waals surface area (Å²) in [7, 11) is -7.51. The summed E-state index contributed by atoms with van der Waals surface area (Å²) in [6.07, 6.45) is 3.64. The molecule has 3 rings (SSSR count). The third-order valence-electron chi connectivity index (χ3n) is 6.18. The molecule has 0 radical (unpaired) electrons. The lowest BCUT2D eigenvalue weighted by atomic mass is 10.1. The van der Waals surface area contributed by atoms with E-state index in [2.05, 4.69) is 5.32 Å². The van der Waals surface area contributed by atoms with Gasteiger partial charge in [-0.1, -0.05) is 12.5 Å². The van der Waals surface area contributed by atoms with Crippen LogP contribution in [0.1, 0.15) is 31.7 Å². The highest BCUT2D eigenvalue weighted by atomic mass is 32.2. The first kappa shape index (κ1) is 29.3. The number of carbonyl (C=O) groups is 1. The summed E-state index contributed by atoms with van der Waals surface area (Å²) in [5.41, 5.74) is 0.199. The zero-order valence-electron chi connectivity index (χ0n) is 21.5. The molecule has 14 heteroatoms. The fourth-order valence-corrected chi connectivity index (χ4v) is 6.92. The summed E-state index contributed by atoms with van der Waals surface area (Å²) < 4.78 is 58.5. The molecule has 2 aromatic rings. The van der Waals surface area contributed by atoms with Crippen LogP contribution in [0.2, 0.25) is 0 Å². The molecule has 1 N–H and O–H groups in total. The molecule has 1 fully saturated rings. The Morgan fingerprint density at radius 3 is 2.32 bits per heavy atom. The fourth-order valence-electron chi connectivity index (χ4n) is 4.18. The number of amides is 1. The quantitative estimate of drug-likeness (QED) is 0.246. The number of sulfonamides is 2. The predicted molar refractivity (Wildman–Crippen MR) is 142 cm³/mol. The molecule has 1 aliphatic rings. The molecular formula is C24H32N4O8S2. The average Bonchev–Trinajstić information content (AvgIpc) is 2.87. The second kappa shape index (κ2) is 12.1. The summed E-state index contributed by atoms with van der Waals surface area (Å²) >= 11 is 0. The number of rotatable bonds is 11. The molecule has 38 heavy (non-hydrogen) atoms. The van der Waals surface area contributed by atoms with Gasteiger partial charge in [0.25, 0.3) is 5.69 Å². The van der Waals surface area contributed by atoms with Crippen LogP contribution in [0.4, 0.5) is 11.4 Å². The molecule has 2 aromatic carbocycles. The molecule has 1 aliphatic heterocycles. The molecule has 0 bridgehead atoms. The maximum Gasteiger partial charge on any atom is 0.271 e. The molecule has 208 valence electrons. The van der Waals surface area contributed by atoms with Crippen LogP contribution >= 0.6 is 0 Å². The van der Waals surface area contributed by atoms with E-state index in [0.29, 0.717) is 24.4 Å². The highest BCUT2D eigenvalue weighted by Gasteiger charge is 2.31. The molecule has 0 saturated carbocycles. The maximum atomic E-state index is 12.8. The number of nitrogens with one attached hydrogen (secondary N) is 1. The lowest BCUT2D eigenvalue weighted by molar-refractivity contribution is -0.384. The molecule has 12 nitrogen and oxygen atoms in total.